The van der Waals surface area contributed by atoms with E-state index in [2.05, 4.69) is 44.7 Å². The van der Waals surface area contributed by atoms with E-state index >= 15 is 0 Å². The van der Waals surface area contributed by atoms with Gasteiger partial charge in [-0.2, -0.15) is 0 Å². The summed E-state index contributed by atoms with van der Waals surface area (Å²) in [5.41, 5.74) is 3.63. The van der Waals surface area contributed by atoms with Crippen molar-refractivity contribution in [1.29, 1.82) is 0 Å². The summed E-state index contributed by atoms with van der Waals surface area (Å²) in [7, 11) is 0. The van der Waals surface area contributed by atoms with Gasteiger partial charge in [0.25, 0.3) is 0 Å². The van der Waals surface area contributed by atoms with Crippen LogP contribution in [0.1, 0.15) is 71.6 Å². The SMILES string of the molecule is C=C1/C(=C\C=C2/CCC[C@]3(C)[C@@H]([C@H](C)/C=C/[C@@H](O)C4CC4)CC[C@@H]23)C[C@@H](O)C[C@H]1O. The number of aliphatic hydroxyl groups is 3. The molecule has 4 saturated carbocycles. The van der Waals surface area contributed by atoms with Gasteiger partial charge in [-0.25, -0.2) is 0 Å². The van der Waals surface area contributed by atoms with Gasteiger partial charge in [0.1, 0.15) is 0 Å². The van der Waals surface area contributed by atoms with Crippen LogP contribution in [0.4, 0.5) is 0 Å². The van der Waals surface area contributed by atoms with E-state index in [0.717, 1.165) is 17.6 Å². The summed E-state index contributed by atoms with van der Waals surface area (Å²) in [6.07, 6.45) is 16.9. The van der Waals surface area contributed by atoms with Crippen molar-refractivity contribution in [1.82, 2.24) is 0 Å². The van der Waals surface area contributed by atoms with Gasteiger partial charge in [0, 0.05) is 6.42 Å². The molecule has 7 atom stereocenters. The number of fused-ring (bicyclic) bond motifs is 1. The van der Waals surface area contributed by atoms with E-state index in [0.29, 0.717) is 41.9 Å². The van der Waals surface area contributed by atoms with Crippen molar-refractivity contribution < 1.29 is 15.3 Å². The Labute approximate surface area is 182 Å². The number of hydrogen-bond acceptors (Lipinski definition) is 3. The molecule has 0 saturated heterocycles. The van der Waals surface area contributed by atoms with Gasteiger partial charge in [0.05, 0.1) is 18.3 Å². The van der Waals surface area contributed by atoms with Gasteiger partial charge in [-0.15, -0.1) is 0 Å². The van der Waals surface area contributed by atoms with Crippen LogP contribution >= 0.6 is 0 Å². The predicted molar refractivity (Wildman–Crippen MR) is 122 cm³/mol. The molecule has 0 amide bonds. The van der Waals surface area contributed by atoms with E-state index in [1.54, 1.807) is 0 Å². The standard InChI is InChI=1S/C27H40O3/c1-17(6-13-25(29)20-8-9-20)23-11-12-24-19(5-4-14-27(23,24)3)7-10-21-15-22(28)16-26(30)18(21)2/h6-7,10,13,17,20,22-26,28-30H,2,4-5,8-9,11-12,14-16H2,1,3H3/b13-6+,19-7+,21-10-/t17-,22-,23-,24+,25-,26-,27-/m1/s1. The van der Waals surface area contributed by atoms with Crippen molar-refractivity contribution in [2.24, 2.45) is 29.1 Å². The zero-order valence-corrected chi connectivity index (χ0v) is 18.8. The third-order valence-electron chi connectivity index (χ3n) is 8.65. The van der Waals surface area contributed by atoms with Gasteiger partial charge in [0.15, 0.2) is 0 Å². The van der Waals surface area contributed by atoms with E-state index in [4.69, 9.17) is 0 Å². The second-order valence-corrected chi connectivity index (χ2v) is 10.7. The highest BCUT2D eigenvalue weighted by molar-refractivity contribution is 5.38. The maximum Gasteiger partial charge on any atom is 0.0811 e. The fourth-order valence-electron chi connectivity index (χ4n) is 6.63. The Hall–Kier alpha value is -1.16. The van der Waals surface area contributed by atoms with E-state index in [9.17, 15) is 15.3 Å². The van der Waals surface area contributed by atoms with Gasteiger partial charge in [0.2, 0.25) is 0 Å². The van der Waals surface area contributed by atoms with E-state index in [1.165, 1.54) is 44.1 Å². The van der Waals surface area contributed by atoms with Gasteiger partial charge < -0.3 is 15.3 Å². The minimum atomic E-state index is -0.621. The van der Waals surface area contributed by atoms with Crippen LogP contribution in [0.5, 0.6) is 0 Å². The number of hydrogen-bond donors (Lipinski definition) is 3. The van der Waals surface area contributed by atoms with Crippen molar-refractivity contribution in [2.45, 2.75) is 89.9 Å². The molecule has 3 heteroatoms. The average molecular weight is 413 g/mol. The van der Waals surface area contributed by atoms with Gasteiger partial charge >= 0.3 is 0 Å². The summed E-state index contributed by atoms with van der Waals surface area (Å²) >= 11 is 0. The van der Waals surface area contributed by atoms with Crippen LogP contribution in [-0.2, 0) is 0 Å². The lowest BCUT2D eigenvalue weighted by atomic mass is 9.61. The summed E-state index contributed by atoms with van der Waals surface area (Å²) < 4.78 is 0. The molecule has 0 unspecified atom stereocenters. The maximum absolute atomic E-state index is 10.2. The molecule has 0 heterocycles. The average Bonchev–Trinajstić information content (AvgIpc) is 3.49. The topological polar surface area (TPSA) is 60.7 Å². The largest absolute Gasteiger partial charge is 0.393 e. The molecule has 0 spiro atoms. The molecule has 0 aromatic carbocycles. The molecule has 30 heavy (non-hydrogen) atoms. The quantitative estimate of drug-likeness (QED) is 0.551. The Morgan fingerprint density at radius 3 is 2.60 bits per heavy atom. The van der Waals surface area contributed by atoms with Crippen molar-refractivity contribution in [3.8, 4) is 0 Å². The summed E-state index contributed by atoms with van der Waals surface area (Å²) in [5.74, 6) is 2.28. The third-order valence-corrected chi connectivity index (χ3v) is 8.65. The van der Waals surface area contributed by atoms with Gasteiger partial charge in [-0.05, 0) is 91.6 Å². The fourth-order valence-corrected chi connectivity index (χ4v) is 6.63. The van der Waals surface area contributed by atoms with Crippen LogP contribution in [0.3, 0.4) is 0 Å². The van der Waals surface area contributed by atoms with Crippen LogP contribution < -0.4 is 0 Å². The number of allylic oxidation sites excluding steroid dienone is 4. The van der Waals surface area contributed by atoms with E-state index < -0.39 is 12.2 Å². The van der Waals surface area contributed by atoms with Crippen molar-refractivity contribution in [3.05, 3.63) is 47.6 Å². The lowest BCUT2D eigenvalue weighted by Crippen LogP contribution is -2.35. The third kappa shape index (κ3) is 4.40. The first-order valence-corrected chi connectivity index (χ1v) is 12.1. The zero-order valence-electron chi connectivity index (χ0n) is 18.8. The second-order valence-electron chi connectivity index (χ2n) is 10.7. The molecule has 4 rings (SSSR count). The molecule has 0 aromatic rings. The molecule has 4 fully saturated rings. The molecular weight excluding hydrogens is 372 g/mol. The van der Waals surface area contributed by atoms with Crippen LogP contribution in [0.15, 0.2) is 47.6 Å². The van der Waals surface area contributed by atoms with Crippen molar-refractivity contribution in [3.63, 3.8) is 0 Å². The first-order chi connectivity index (χ1) is 14.3. The molecule has 0 bridgehead atoms. The summed E-state index contributed by atoms with van der Waals surface area (Å²) in [6.45, 7) is 8.88. The molecule has 0 aliphatic heterocycles. The summed E-state index contributed by atoms with van der Waals surface area (Å²) in [5, 5.41) is 30.4. The van der Waals surface area contributed by atoms with Crippen LogP contribution in [-0.4, -0.2) is 33.6 Å². The Balaban J connectivity index is 1.48. The Morgan fingerprint density at radius 2 is 1.87 bits per heavy atom. The number of rotatable bonds is 5. The second kappa shape index (κ2) is 8.76. The smallest absolute Gasteiger partial charge is 0.0811 e. The molecule has 3 nitrogen and oxygen atoms in total. The molecule has 166 valence electrons. The van der Waals surface area contributed by atoms with Crippen molar-refractivity contribution >= 4 is 0 Å². The summed E-state index contributed by atoms with van der Waals surface area (Å²) in [4.78, 5) is 0. The minimum Gasteiger partial charge on any atom is -0.393 e. The first kappa shape index (κ1) is 22.0. The molecule has 4 aliphatic carbocycles. The fraction of sp³-hybridized carbons (Fsp3) is 0.704. The van der Waals surface area contributed by atoms with Crippen molar-refractivity contribution in [2.75, 3.05) is 0 Å². The van der Waals surface area contributed by atoms with E-state index in [-0.39, 0.29) is 6.10 Å². The van der Waals surface area contributed by atoms with Gasteiger partial charge in [-0.3, -0.25) is 0 Å². The van der Waals surface area contributed by atoms with Gasteiger partial charge in [-0.1, -0.05) is 50.3 Å². The van der Waals surface area contributed by atoms with E-state index in [1.807, 2.05) is 0 Å². The zero-order chi connectivity index (χ0) is 21.5. The highest BCUT2D eigenvalue weighted by Crippen LogP contribution is 2.59. The lowest BCUT2D eigenvalue weighted by molar-refractivity contribution is 0.0862. The maximum atomic E-state index is 10.2. The van der Waals surface area contributed by atoms with Crippen LogP contribution in [0.2, 0.25) is 0 Å². The Morgan fingerprint density at radius 1 is 1.10 bits per heavy atom. The van der Waals surface area contributed by atoms with Crippen LogP contribution in [0, 0.1) is 29.1 Å². The molecule has 0 aromatic heterocycles. The normalized spacial score (nSPS) is 42.1. The Bertz CT molecular complexity index is 743. The lowest BCUT2D eigenvalue weighted by Gasteiger charge is -2.44. The molecule has 4 aliphatic rings. The molecule has 0 radical (unpaired) electrons. The summed E-state index contributed by atoms with van der Waals surface area (Å²) in [6, 6.07) is 0. The molecule has 3 N–H and O–H groups in total. The highest BCUT2D eigenvalue weighted by atomic mass is 16.3. The molecular formula is C27H40O3. The monoisotopic (exact) mass is 412 g/mol. The highest BCUT2D eigenvalue weighted by Gasteiger charge is 2.50. The Kier molecular flexibility index (Phi) is 6.44. The minimum absolute atomic E-state index is 0.250. The van der Waals surface area contributed by atoms with Crippen LogP contribution in [0.25, 0.3) is 0 Å². The number of aliphatic hydroxyl groups excluding tert-OH is 3. The predicted octanol–water partition coefficient (Wildman–Crippen LogP) is 5.09. The first-order valence-electron chi connectivity index (χ1n) is 12.1.